The zero-order valence-electron chi connectivity index (χ0n) is 14.7. The van der Waals surface area contributed by atoms with Crippen LogP contribution in [-0.2, 0) is 9.59 Å². The molecule has 1 heterocycles. The van der Waals surface area contributed by atoms with Gasteiger partial charge in [-0.15, -0.1) is 0 Å². The highest BCUT2D eigenvalue weighted by atomic mass is 16.3. The van der Waals surface area contributed by atoms with Gasteiger partial charge in [0.2, 0.25) is 0 Å². The highest BCUT2D eigenvalue weighted by molar-refractivity contribution is 6.11. The number of carbonyl (C=O) groups is 3. The molecular formula is C18H20N4O4. The Kier molecular flexibility index (Phi) is 5.37. The average Bonchev–Trinajstić information content (AvgIpc) is 2.66. The summed E-state index contributed by atoms with van der Waals surface area (Å²) in [5.41, 5.74) is 5.13. The highest BCUT2D eigenvalue weighted by Gasteiger charge is 2.48. The first-order valence-electron chi connectivity index (χ1n) is 7.77. The second-order valence-corrected chi connectivity index (χ2v) is 5.75. The minimum atomic E-state index is -2.79. The first-order valence-corrected chi connectivity index (χ1v) is 7.77. The van der Waals surface area contributed by atoms with Gasteiger partial charge in [-0.1, -0.05) is 18.2 Å². The molecule has 1 unspecified atom stereocenters. The van der Waals surface area contributed by atoms with Gasteiger partial charge >= 0.3 is 5.72 Å². The number of nitrogens with zero attached hydrogens (tertiary/aromatic N) is 2. The van der Waals surface area contributed by atoms with Crippen LogP contribution < -0.4 is 11.1 Å². The van der Waals surface area contributed by atoms with E-state index in [2.05, 4.69) is 10.3 Å². The number of hydrogen-bond acceptors (Lipinski definition) is 5. The SMILES string of the molecule is CNC(=O)C(O)(C(N)=O)N(C)C(=O)c1ccc(-c2ccc(C)nc2)cc1. The van der Waals surface area contributed by atoms with Gasteiger partial charge in [0.25, 0.3) is 17.7 Å². The fourth-order valence-electron chi connectivity index (χ4n) is 2.39. The number of aromatic nitrogens is 1. The van der Waals surface area contributed by atoms with E-state index in [-0.39, 0.29) is 5.56 Å². The van der Waals surface area contributed by atoms with Gasteiger partial charge in [-0.3, -0.25) is 24.3 Å². The average molecular weight is 356 g/mol. The first kappa shape index (κ1) is 19.1. The lowest BCUT2D eigenvalue weighted by atomic mass is 10.0. The van der Waals surface area contributed by atoms with Crippen molar-refractivity contribution in [3.63, 3.8) is 0 Å². The molecule has 0 radical (unpaired) electrons. The lowest BCUT2D eigenvalue weighted by Gasteiger charge is -2.32. The number of benzene rings is 1. The van der Waals surface area contributed by atoms with Crippen LogP contribution in [0.1, 0.15) is 16.1 Å². The smallest absolute Gasteiger partial charge is 0.302 e. The van der Waals surface area contributed by atoms with Gasteiger partial charge in [-0.25, -0.2) is 0 Å². The van der Waals surface area contributed by atoms with E-state index in [0.29, 0.717) is 4.90 Å². The molecule has 26 heavy (non-hydrogen) atoms. The van der Waals surface area contributed by atoms with Crippen molar-refractivity contribution in [2.24, 2.45) is 5.73 Å². The Bertz CT molecular complexity index is 833. The summed E-state index contributed by atoms with van der Waals surface area (Å²) in [5.74, 6) is -3.18. The van der Waals surface area contributed by atoms with E-state index in [4.69, 9.17) is 5.73 Å². The van der Waals surface area contributed by atoms with Crippen LogP contribution in [0.3, 0.4) is 0 Å². The molecule has 0 saturated carbocycles. The number of aryl methyl sites for hydroxylation is 1. The molecule has 1 atom stereocenters. The lowest BCUT2D eigenvalue weighted by molar-refractivity contribution is -0.166. The summed E-state index contributed by atoms with van der Waals surface area (Å²) in [6.45, 7) is 1.88. The Balaban J connectivity index is 2.30. The van der Waals surface area contributed by atoms with Crippen LogP contribution >= 0.6 is 0 Å². The molecule has 8 nitrogen and oxygen atoms in total. The van der Waals surface area contributed by atoms with E-state index in [1.165, 1.54) is 19.2 Å². The number of hydrogen-bond donors (Lipinski definition) is 3. The third kappa shape index (κ3) is 3.40. The monoisotopic (exact) mass is 356 g/mol. The van der Waals surface area contributed by atoms with E-state index < -0.39 is 23.4 Å². The van der Waals surface area contributed by atoms with Crippen LogP contribution in [0.15, 0.2) is 42.6 Å². The number of pyridine rings is 1. The van der Waals surface area contributed by atoms with Crippen molar-refractivity contribution in [3.05, 3.63) is 53.9 Å². The number of primary amides is 1. The highest BCUT2D eigenvalue weighted by Crippen LogP contribution is 2.21. The lowest BCUT2D eigenvalue weighted by Crippen LogP contribution is -2.65. The summed E-state index contributed by atoms with van der Waals surface area (Å²) in [7, 11) is 2.35. The van der Waals surface area contributed by atoms with Gasteiger partial charge in [0, 0.05) is 37.1 Å². The minimum Gasteiger partial charge on any atom is -0.365 e. The molecule has 2 aromatic rings. The van der Waals surface area contributed by atoms with Crippen LogP contribution in [0, 0.1) is 6.92 Å². The Morgan fingerprint density at radius 3 is 2.15 bits per heavy atom. The molecule has 0 aliphatic rings. The fraction of sp³-hybridized carbons (Fsp3) is 0.222. The van der Waals surface area contributed by atoms with E-state index in [1.54, 1.807) is 18.3 Å². The van der Waals surface area contributed by atoms with Crippen molar-refractivity contribution in [2.75, 3.05) is 14.1 Å². The number of likely N-dealkylation sites (N-methyl/N-ethyl adjacent to an activating group) is 2. The molecular weight excluding hydrogens is 336 g/mol. The summed E-state index contributed by atoms with van der Waals surface area (Å²) in [5, 5.41) is 12.4. The molecule has 3 amide bonds. The van der Waals surface area contributed by atoms with E-state index in [0.717, 1.165) is 23.9 Å². The molecule has 8 heteroatoms. The third-order valence-electron chi connectivity index (χ3n) is 4.05. The molecule has 0 aliphatic carbocycles. The number of aliphatic hydroxyl groups is 1. The number of amides is 3. The maximum absolute atomic E-state index is 12.6. The van der Waals surface area contributed by atoms with Crippen LogP contribution in [0.5, 0.6) is 0 Å². The van der Waals surface area contributed by atoms with Crippen molar-refractivity contribution in [1.82, 2.24) is 15.2 Å². The normalized spacial score (nSPS) is 12.8. The topological polar surface area (TPSA) is 126 Å². The number of rotatable bonds is 5. The maximum Gasteiger partial charge on any atom is 0.302 e. The van der Waals surface area contributed by atoms with Crippen LogP contribution in [0.4, 0.5) is 0 Å². The number of nitrogens with two attached hydrogens (primary N) is 1. The van der Waals surface area contributed by atoms with Crippen molar-refractivity contribution in [2.45, 2.75) is 12.6 Å². The van der Waals surface area contributed by atoms with Crippen LogP contribution in [0.25, 0.3) is 11.1 Å². The number of carbonyl (C=O) groups excluding carboxylic acids is 3. The molecule has 136 valence electrons. The quantitative estimate of drug-likeness (QED) is 0.515. The van der Waals surface area contributed by atoms with Gasteiger partial charge in [0.15, 0.2) is 0 Å². The van der Waals surface area contributed by atoms with Gasteiger partial charge in [-0.05, 0) is 30.7 Å². The maximum atomic E-state index is 12.6. The third-order valence-corrected chi connectivity index (χ3v) is 4.05. The van der Waals surface area contributed by atoms with E-state index in [1.807, 2.05) is 19.1 Å². The van der Waals surface area contributed by atoms with Gasteiger partial charge in [-0.2, -0.15) is 0 Å². The standard InChI is InChI=1S/C18H20N4O4/c1-11-4-5-14(10-21-11)12-6-8-13(9-7-12)15(23)22(3)18(26,16(19)24)17(25)20-2/h4-10,26H,1-3H3,(H2,19,24)(H,20,25). The largest absolute Gasteiger partial charge is 0.365 e. The molecule has 2 rings (SSSR count). The second-order valence-electron chi connectivity index (χ2n) is 5.75. The Morgan fingerprint density at radius 2 is 1.69 bits per heavy atom. The number of nitrogens with one attached hydrogen (secondary N) is 1. The van der Waals surface area contributed by atoms with Crippen LogP contribution in [-0.4, -0.2) is 52.5 Å². The fourth-order valence-corrected chi connectivity index (χ4v) is 2.39. The predicted octanol–water partition coefficient (Wildman–Crippen LogP) is 0.0489. The second kappa shape index (κ2) is 7.32. The Labute approximate surface area is 150 Å². The van der Waals surface area contributed by atoms with Gasteiger partial charge < -0.3 is 16.2 Å². The molecule has 0 fully saturated rings. The molecule has 1 aromatic heterocycles. The molecule has 0 saturated heterocycles. The van der Waals surface area contributed by atoms with Crippen molar-refractivity contribution < 1.29 is 19.5 Å². The van der Waals surface area contributed by atoms with Crippen molar-refractivity contribution in [1.29, 1.82) is 0 Å². The molecule has 0 aliphatic heterocycles. The summed E-state index contributed by atoms with van der Waals surface area (Å²) in [6, 6.07) is 10.2. The molecule has 0 spiro atoms. The van der Waals surface area contributed by atoms with Crippen LogP contribution in [0.2, 0.25) is 0 Å². The molecule has 4 N–H and O–H groups in total. The van der Waals surface area contributed by atoms with Crippen molar-refractivity contribution in [3.8, 4) is 11.1 Å². The predicted molar refractivity (Wildman–Crippen MR) is 94.7 cm³/mol. The zero-order valence-corrected chi connectivity index (χ0v) is 14.7. The summed E-state index contributed by atoms with van der Waals surface area (Å²) >= 11 is 0. The summed E-state index contributed by atoms with van der Waals surface area (Å²) in [4.78, 5) is 40.8. The van der Waals surface area contributed by atoms with Gasteiger partial charge in [0.1, 0.15) is 0 Å². The summed E-state index contributed by atoms with van der Waals surface area (Å²) in [6.07, 6.45) is 1.72. The summed E-state index contributed by atoms with van der Waals surface area (Å²) < 4.78 is 0. The Morgan fingerprint density at radius 1 is 1.12 bits per heavy atom. The van der Waals surface area contributed by atoms with E-state index >= 15 is 0 Å². The first-order chi connectivity index (χ1) is 12.2. The van der Waals surface area contributed by atoms with Gasteiger partial charge in [0.05, 0.1) is 0 Å². The van der Waals surface area contributed by atoms with E-state index in [9.17, 15) is 19.5 Å². The zero-order chi connectivity index (χ0) is 19.5. The minimum absolute atomic E-state index is 0.180. The molecule has 1 aromatic carbocycles. The Hall–Kier alpha value is -3.26. The van der Waals surface area contributed by atoms with Crippen molar-refractivity contribution >= 4 is 17.7 Å². The molecule has 0 bridgehead atoms.